The first-order valence-corrected chi connectivity index (χ1v) is 14.1. The predicted molar refractivity (Wildman–Crippen MR) is 146 cm³/mol. The molecule has 13 nitrogen and oxygen atoms in total. The Kier molecular flexibility index (Phi) is 9.16. The van der Waals surface area contributed by atoms with Crippen molar-refractivity contribution in [3.63, 3.8) is 0 Å². The molecule has 0 aliphatic carbocycles. The van der Waals surface area contributed by atoms with Gasteiger partial charge in [0.1, 0.15) is 15.5 Å². The van der Waals surface area contributed by atoms with Crippen LogP contribution in [0.5, 0.6) is 5.75 Å². The number of carbonyl (C=O) groups is 2. The Bertz CT molecular complexity index is 1730. The molecule has 3 aromatic carbocycles. The number of rotatable bonds is 10. The lowest BCUT2D eigenvalue weighted by Crippen LogP contribution is -2.31. The van der Waals surface area contributed by atoms with Crippen LogP contribution >= 0.6 is 0 Å². The number of nitrogen functional groups attached to an aromatic ring is 1. The SMILES string of the molecule is COc1ccccc1NC(=O)C(N=Nc1ccc(C=Cc2ccc(N)cc2S(=O)(=O)O)c(S(=O)(=O)O)c1)C(C)=O. The van der Waals surface area contributed by atoms with Crippen molar-refractivity contribution in [2.45, 2.75) is 22.8 Å². The van der Waals surface area contributed by atoms with Crippen LogP contribution in [0.25, 0.3) is 12.2 Å². The average Bonchev–Trinajstić information content (AvgIpc) is 2.87. The third kappa shape index (κ3) is 7.57. The van der Waals surface area contributed by atoms with Gasteiger partial charge in [0, 0.05) is 5.69 Å². The molecular formula is C25H24N4O9S2. The first-order chi connectivity index (χ1) is 18.7. The molecular weight excluding hydrogens is 564 g/mol. The topological polar surface area (TPSA) is 215 Å². The number of carbonyl (C=O) groups excluding carboxylic acids is 2. The highest BCUT2D eigenvalue weighted by atomic mass is 32.2. The predicted octanol–water partition coefficient (Wildman–Crippen LogP) is 3.62. The molecule has 0 aromatic heterocycles. The summed E-state index contributed by atoms with van der Waals surface area (Å²) in [6.07, 6.45) is 2.38. The van der Waals surface area contributed by atoms with Gasteiger partial charge >= 0.3 is 0 Å². The number of nitrogens with zero attached hydrogens (tertiary/aromatic N) is 2. The average molecular weight is 589 g/mol. The Morgan fingerprint density at radius 2 is 1.50 bits per heavy atom. The Morgan fingerprint density at radius 3 is 2.08 bits per heavy atom. The number of ketones is 1. The number of ether oxygens (including phenoxy) is 1. The zero-order valence-corrected chi connectivity index (χ0v) is 22.7. The van der Waals surface area contributed by atoms with Gasteiger partial charge in [0.25, 0.3) is 26.1 Å². The van der Waals surface area contributed by atoms with Crippen molar-refractivity contribution in [2.75, 3.05) is 18.2 Å². The monoisotopic (exact) mass is 588 g/mol. The van der Waals surface area contributed by atoms with Gasteiger partial charge in [0.15, 0.2) is 5.78 Å². The Morgan fingerprint density at radius 1 is 0.925 bits per heavy atom. The molecule has 40 heavy (non-hydrogen) atoms. The van der Waals surface area contributed by atoms with Gasteiger partial charge in [-0.3, -0.25) is 18.7 Å². The van der Waals surface area contributed by atoms with E-state index in [1.54, 1.807) is 24.3 Å². The number of azo groups is 1. The van der Waals surface area contributed by atoms with Crippen molar-refractivity contribution in [3.05, 3.63) is 71.8 Å². The molecule has 1 atom stereocenters. The molecule has 0 bridgehead atoms. The highest BCUT2D eigenvalue weighted by Crippen LogP contribution is 2.27. The standard InChI is InChI=1S/C25H24N4O9S2/c1-15(30)24(25(31)27-20-5-3-4-6-21(20)38-2)29-28-19-12-10-17(23(14-19)40(35,36)37)8-7-16-9-11-18(26)13-22(16)39(32,33)34/h3-14,24H,26H2,1-2H3,(H,27,31)(H,32,33,34)(H,35,36,37). The first-order valence-electron chi connectivity index (χ1n) is 11.2. The summed E-state index contributed by atoms with van der Waals surface area (Å²) in [6, 6.07) is 12.1. The molecule has 0 radical (unpaired) electrons. The number of amides is 1. The van der Waals surface area contributed by atoms with Crippen LogP contribution in [0.1, 0.15) is 18.1 Å². The molecule has 0 spiro atoms. The van der Waals surface area contributed by atoms with E-state index in [0.717, 1.165) is 19.1 Å². The van der Waals surface area contributed by atoms with E-state index in [-0.39, 0.29) is 22.5 Å². The molecule has 1 amide bonds. The van der Waals surface area contributed by atoms with Crippen molar-refractivity contribution in [1.82, 2.24) is 0 Å². The van der Waals surface area contributed by atoms with Gasteiger partial charge < -0.3 is 15.8 Å². The summed E-state index contributed by atoms with van der Waals surface area (Å²) in [5.74, 6) is -1.11. The minimum atomic E-state index is -4.83. The first kappa shape index (κ1) is 30.1. The van der Waals surface area contributed by atoms with E-state index in [2.05, 4.69) is 15.5 Å². The quantitative estimate of drug-likeness (QED) is 0.0886. The lowest BCUT2D eigenvalue weighted by molar-refractivity contribution is -0.126. The van der Waals surface area contributed by atoms with E-state index in [0.29, 0.717) is 11.4 Å². The van der Waals surface area contributed by atoms with Gasteiger partial charge in [0.05, 0.1) is 18.5 Å². The van der Waals surface area contributed by atoms with Crippen LogP contribution in [0, 0.1) is 0 Å². The molecule has 15 heteroatoms. The summed E-state index contributed by atoms with van der Waals surface area (Å²) in [7, 11) is -8.07. The van der Waals surface area contributed by atoms with Gasteiger partial charge in [0.2, 0.25) is 6.04 Å². The largest absolute Gasteiger partial charge is 0.495 e. The normalized spacial score (nSPS) is 12.9. The van der Waals surface area contributed by atoms with Crippen LogP contribution in [0.4, 0.5) is 17.1 Å². The Labute approximate surface area is 229 Å². The van der Waals surface area contributed by atoms with Gasteiger partial charge in [-0.2, -0.15) is 27.1 Å². The van der Waals surface area contributed by atoms with Gasteiger partial charge in [-0.15, -0.1) is 0 Å². The third-order valence-electron chi connectivity index (χ3n) is 5.32. The number of hydrogen-bond donors (Lipinski definition) is 4. The summed E-state index contributed by atoms with van der Waals surface area (Å²) in [5, 5.41) is 10.1. The fraction of sp³-hybridized carbons (Fsp3) is 0.120. The number of hydrogen-bond acceptors (Lipinski definition) is 10. The van der Waals surface area contributed by atoms with Crippen LogP contribution in [-0.4, -0.2) is 50.8 Å². The highest BCUT2D eigenvalue weighted by Gasteiger charge is 2.24. The van der Waals surface area contributed by atoms with Crippen LogP contribution in [0.2, 0.25) is 0 Å². The van der Waals surface area contributed by atoms with Crippen LogP contribution in [-0.2, 0) is 29.8 Å². The molecule has 0 fully saturated rings. The van der Waals surface area contributed by atoms with E-state index >= 15 is 0 Å². The van der Waals surface area contributed by atoms with E-state index < -0.39 is 47.8 Å². The van der Waals surface area contributed by atoms with Crippen molar-refractivity contribution >= 4 is 61.1 Å². The van der Waals surface area contributed by atoms with Gasteiger partial charge in [-0.05, 0) is 54.4 Å². The lowest BCUT2D eigenvalue weighted by atomic mass is 10.1. The molecule has 3 rings (SSSR count). The zero-order valence-electron chi connectivity index (χ0n) is 21.0. The number of benzene rings is 3. The van der Waals surface area contributed by atoms with Crippen molar-refractivity contribution in [1.29, 1.82) is 0 Å². The van der Waals surface area contributed by atoms with Crippen molar-refractivity contribution < 1.29 is 40.3 Å². The van der Waals surface area contributed by atoms with Crippen molar-refractivity contribution in [2.24, 2.45) is 10.2 Å². The molecule has 0 aliphatic heterocycles. The number of Topliss-reactive ketones (excluding diaryl/α,β-unsaturated/α-hetero) is 1. The summed E-state index contributed by atoms with van der Waals surface area (Å²) in [4.78, 5) is 23.7. The smallest absolute Gasteiger partial charge is 0.295 e. The molecule has 0 heterocycles. The zero-order chi connectivity index (χ0) is 29.7. The maximum atomic E-state index is 12.7. The minimum absolute atomic E-state index is 0.00730. The molecule has 3 aromatic rings. The molecule has 0 aliphatic rings. The van der Waals surface area contributed by atoms with Crippen LogP contribution in [0.15, 0.2) is 80.7 Å². The molecule has 0 saturated carbocycles. The maximum absolute atomic E-state index is 12.7. The highest BCUT2D eigenvalue weighted by molar-refractivity contribution is 7.86. The summed E-state index contributed by atoms with van der Waals surface area (Å²) >= 11 is 0. The van der Waals surface area contributed by atoms with Crippen molar-refractivity contribution in [3.8, 4) is 5.75 Å². The fourth-order valence-electron chi connectivity index (χ4n) is 3.43. The maximum Gasteiger partial charge on any atom is 0.295 e. The van der Waals surface area contributed by atoms with Crippen LogP contribution in [0.3, 0.4) is 0 Å². The summed E-state index contributed by atoms with van der Waals surface area (Å²) < 4.78 is 71.9. The number of nitrogens with one attached hydrogen (secondary N) is 1. The number of methoxy groups -OCH3 is 1. The van der Waals surface area contributed by atoms with E-state index in [1.165, 1.54) is 43.5 Å². The van der Waals surface area contributed by atoms with E-state index in [1.807, 2.05) is 0 Å². The summed E-state index contributed by atoms with van der Waals surface area (Å²) in [6.45, 7) is 1.13. The number of nitrogens with two attached hydrogens (primary N) is 1. The second kappa shape index (κ2) is 12.2. The van der Waals surface area contributed by atoms with Gasteiger partial charge in [-0.1, -0.05) is 36.4 Å². The van der Waals surface area contributed by atoms with E-state index in [9.17, 15) is 35.5 Å². The molecule has 5 N–H and O–H groups in total. The molecule has 1 unspecified atom stereocenters. The third-order valence-corrected chi connectivity index (χ3v) is 7.14. The van der Waals surface area contributed by atoms with E-state index in [4.69, 9.17) is 10.5 Å². The number of anilines is 2. The molecule has 210 valence electrons. The molecule has 0 saturated heterocycles. The Balaban J connectivity index is 1.94. The number of para-hydroxylation sites is 2. The Hall–Kier alpha value is -4.44. The fourth-order valence-corrected chi connectivity index (χ4v) is 4.85. The lowest BCUT2D eigenvalue weighted by Gasteiger charge is -2.12. The van der Waals surface area contributed by atoms with Gasteiger partial charge in [-0.25, -0.2) is 0 Å². The summed E-state index contributed by atoms with van der Waals surface area (Å²) in [5.41, 5.74) is 5.75. The second-order valence-electron chi connectivity index (χ2n) is 8.22. The second-order valence-corrected chi connectivity index (χ2v) is 11.0. The minimum Gasteiger partial charge on any atom is -0.495 e. The van der Waals surface area contributed by atoms with Crippen LogP contribution < -0.4 is 15.8 Å².